The van der Waals surface area contributed by atoms with Gasteiger partial charge in [0, 0.05) is 45.7 Å². The molecule has 0 radical (unpaired) electrons. The van der Waals surface area contributed by atoms with E-state index in [1.54, 1.807) is 54.6 Å². The largest absolute Gasteiger partial charge is 0.483 e. The molecule has 0 fully saturated rings. The molecule has 3 rings (SSSR count). The lowest BCUT2D eigenvalue weighted by atomic mass is 10.2. The normalized spacial score (nSPS) is 10.3. The van der Waals surface area contributed by atoms with E-state index in [0.29, 0.717) is 39.3 Å². The minimum Gasteiger partial charge on any atom is -0.483 e. The number of nitro groups is 1. The summed E-state index contributed by atoms with van der Waals surface area (Å²) in [5.41, 5.74) is 1.88. The first-order valence-electron chi connectivity index (χ1n) is 8.86. The number of hydrogen-bond donors (Lipinski definition) is 2. The van der Waals surface area contributed by atoms with Crippen LogP contribution >= 0.6 is 23.2 Å². The van der Waals surface area contributed by atoms with Crippen LogP contribution < -0.4 is 15.4 Å². The number of amides is 1. The second kappa shape index (κ2) is 9.96. The highest BCUT2D eigenvalue weighted by Crippen LogP contribution is 2.25. The molecular weight excluding hydrogens is 429 g/mol. The van der Waals surface area contributed by atoms with Crippen molar-refractivity contribution < 1.29 is 14.5 Å². The molecule has 30 heavy (non-hydrogen) atoms. The summed E-state index contributed by atoms with van der Waals surface area (Å²) in [4.78, 5) is 22.6. The molecular formula is C21H17Cl2N3O4. The lowest BCUT2D eigenvalue weighted by Gasteiger charge is -2.13. The van der Waals surface area contributed by atoms with Crippen LogP contribution in [-0.2, 0) is 11.3 Å². The van der Waals surface area contributed by atoms with Crippen molar-refractivity contribution in [2.45, 2.75) is 6.54 Å². The van der Waals surface area contributed by atoms with E-state index in [1.807, 2.05) is 0 Å². The third-order valence-corrected chi connectivity index (χ3v) is 4.54. The molecule has 0 saturated carbocycles. The number of non-ortho nitro benzene ring substituents is 1. The third-order valence-electron chi connectivity index (χ3n) is 4.05. The number of carbonyl (C=O) groups is 1. The Hall–Kier alpha value is -3.29. The standard InChI is InChI=1S/C21H17Cl2N3O4/c22-15-4-7-17(8-5-15)25-21(27)13-30-20-9-6-16(23)10-14(20)12-24-18-2-1-3-19(11-18)26(28)29/h1-11,24H,12-13H2,(H,25,27). The summed E-state index contributed by atoms with van der Waals surface area (Å²) in [5.74, 6) is 0.147. The fourth-order valence-electron chi connectivity index (χ4n) is 2.63. The molecule has 7 nitrogen and oxygen atoms in total. The van der Waals surface area contributed by atoms with Crippen molar-refractivity contribution in [2.75, 3.05) is 17.2 Å². The van der Waals surface area contributed by atoms with E-state index in [2.05, 4.69) is 10.6 Å². The average molecular weight is 446 g/mol. The molecule has 9 heteroatoms. The fraction of sp³-hybridized carbons (Fsp3) is 0.0952. The summed E-state index contributed by atoms with van der Waals surface area (Å²) in [6.07, 6.45) is 0. The zero-order valence-electron chi connectivity index (χ0n) is 15.6. The van der Waals surface area contributed by atoms with Crippen molar-refractivity contribution in [3.05, 3.63) is 92.5 Å². The van der Waals surface area contributed by atoms with Gasteiger partial charge in [0.25, 0.3) is 11.6 Å². The van der Waals surface area contributed by atoms with Crippen molar-refractivity contribution in [3.63, 3.8) is 0 Å². The molecule has 1 amide bonds. The molecule has 0 saturated heterocycles. The van der Waals surface area contributed by atoms with Crippen LogP contribution in [0.25, 0.3) is 0 Å². The molecule has 0 atom stereocenters. The first-order valence-corrected chi connectivity index (χ1v) is 9.61. The summed E-state index contributed by atoms with van der Waals surface area (Å²) in [6.45, 7) is 0.101. The molecule has 0 aromatic heterocycles. The Morgan fingerprint density at radius 2 is 1.70 bits per heavy atom. The van der Waals surface area contributed by atoms with Gasteiger partial charge in [-0.1, -0.05) is 29.3 Å². The molecule has 0 bridgehead atoms. The number of anilines is 2. The van der Waals surface area contributed by atoms with Gasteiger partial charge in [0.1, 0.15) is 5.75 Å². The highest BCUT2D eigenvalue weighted by molar-refractivity contribution is 6.31. The lowest BCUT2D eigenvalue weighted by Crippen LogP contribution is -2.20. The van der Waals surface area contributed by atoms with Gasteiger partial charge in [-0.05, 0) is 48.5 Å². The first kappa shape index (κ1) is 21.4. The van der Waals surface area contributed by atoms with Gasteiger partial charge in [-0.3, -0.25) is 14.9 Å². The zero-order chi connectivity index (χ0) is 21.5. The monoisotopic (exact) mass is 445 g/mol. The van der Waals surface area contributed by atoms with Crippen LogP contribution in [0.3, 0.4) is 0 Å². The van der Waals surface area contributed by atoms with Crippen LogP contribution in [0.15, 0.2) is 66.7 Å². The number of nitrogens with zero attached hydrogens (tertiary/aromatic N) is 1. The summed E-state index contributed by atoms with van der Waals surface area (Å²) < 4.78 is 5.66. The summed E-state index contributed by atoms with van der Waals surface area (Å²) in [6, 6.07) is 17.9. The molecule has 154 valence electrons. The summed E-state index contributed by atoms with van der Waals surface area (Å²) in [5, 5.41) is 17.8. The number of hydrogen-bond acceptors (Lipinski definition) is 5. The first-order chi connectivity index (χ1) is 14.4. The van der Waals surface area contributed by atoms with Crippen LogP contribution in [0.1, 0.15) is 5.56 Å². The average Bonchev–Trinajstić information content (AvgIpc) is 2.73. The minimum atomic E-state index is -0.460. The minimum absolute atomic E-state index is 0.0126. The number of halogens is 2. The molecule has 0 heterocycles. The lowest BCUT2D eigenvalue weighted by molar-refractivity contribution is -0.384. The van der Waals surface area contributed by atoms with Crippen LogP contribution in [0.4, 0.5) is 17.1 Å². The second-order valence-electron chi connectivity index (χ2n) is 6.26. The highest BCUT2D eigenvalue weighted by atomic mass is 35.5. The maximum atomic E-state index is 12.2. The fourth-order valence-corrected chi connectivity index (χ4v) is 2.95. The van der Waals surface area contributed by atoms with Gasteiger partial charge in [-0.2, -0.15) is 0 Å². The Morgan fingerprint density at radius 3 is 2.43 bits per heavy atom. The van der Waals surface area contributed by atoms with E-state index in [0.717, 1.165) is 0 Å². The smallest absolute Gasteiger partial charge is 0.271 e. The summed E-state index contributed by atoms with van der Waals surface area (Å²) in [7, 11) is 0. The Morgan fingerprint density at radius 1 is 0.967 bits per heavy atom. The van der Waals surface area contributed by atoms with Gasteiger partial charge < -0.3 is 15.4 Å². The number of nitro benzene ring substituents is 1. The predicted molar refractivity (Wildman–Crippen MR) is 117 cm³/mol. The van der Waals surface area contributed by atoms with E-state index in [9.17, 15) is 14.9 Å². The van der Waals surface area contributed by atoms with Crippen LogP contribution in [0.2, 0.25) is 10.0 Å². The third kappa shape index (κ3) is 6.10. The van der Waals surface area contributed by atoms with E-state index in [-0.39, 0.29) is 18.2 Å². The molecule has 0 aliphatic carbocycles. The molecule has 3 aromatic carbocycles. The number of carbonyl (C=O) groups excluding carboxylic acids is 1. The SMILES string of the molecule is O=C(COc1ccc(Cl)cc1CNc1cccc([N+](=O)[O-])c1)Nc1ccc(Cl)cc1. The molecule has 0 unspecified atom stereocenters. The van der Waals surface area contributed by atoms with Crippen LogP contribution in [-0.4, -0.2) is 17.4 Å². The number of ether oxygens (including phenoxy) is 1. The zero-order valence-corrected chi connectivity index (χ0v) is 17.1. The van der Waals surface area contributed by atoms with Crippen LogP contribution in [0.5, 0.6) is 5.75 Å². The molecule has 0 aliphatic heterocycles. The van der Waals surface area contributed by atoms with Gasteiger partial charge in [0.05, 0.1) is 4.92 Å². The maximum Gasteiger partial charge on any atom is 0.271 e. The molecule has 2 N–H and O–H groups in total. The Labute approximate surface area is 182 Å². The van der Waals surface area contributed by atoms with E-state index >= 15 is 0 Å². The van der Waals surface area contributed by atoms with Gasteiger partial charge in [0.2, 0.25) is 0 Å². The van der Waals surface area contributed by atoms with Gasteiger partial charge in [0.15, 0.2) is 6.61 Å². The second-order valence-corrected chi connectivity index (χ2v) is 7.13. The van der Waals surface area contributed by atoms with Gasteiger partial charge in [-0.25, -0.2) is 0 Å². The quantitative estimate of drug-likeness (QED) is 0.351. The van der Waals surface area contributed by atoms with E-state index in [1.165, 1.54) is 12.1 Å². The Kier molecular flexibility index (Phi) is 7.11. The van der Waals surface area contributed by atoms with Gasteiger partial charge in [-0.15, -0.1) is 0 Å². The number of benzene rings is 3. The topological polar surface area (TPSA) is 93.5 Å². The highest BCUT2D eigenvalue weighted by Gasteiger charge is 2.10. The maximum absolute atomic E-state index is 12.2. The van der Waals surface area contributed by atoms with Crippen molar-refractivity contribution in [1.82, 2.24) is 0 Å². The Bertz CT molecular complexity index is 1060. The molecule has 3 aromatic rings. The molecule has 0 spiro atoms. The molecule has 0 aliphatic rings. The Balaban J connectivity index is 1.63. The van der Waals surface area contributed by atoms with Crippen molar-refractivity contribution in [3.8, 4) is 5.75 Å². The summed E-state index contributed by atoms with van der Waals surface area (Å²) >= 11 is 11.9. The van der Waals surface area contributed by atoms with E-state index < -0.39 is 4.92 Å². The predicted octanol–water partition coefficient (Wildman–Crippen LogP) is 5.53. The van der Waals surface area contributed by atoms with Crippen LogP contribution in [0, 0.1) is 10.1 Å². The van der Waals surface area contributed by atoms with Gasteiger partial charge >= 0.3 is 0 Å². The number of rotatable bonds is 8. The van der Waals surface area contributed by atoms with Crippen molar-refractivity contribution in [1.29, 1.82) is 0 Å². The van der Waals surface area contributed by atoms with Crippen molar-refractivity contribution in [2.24, 2.45) is 0 Å². The van der Waals surface area contributed by atoms with E-state index in [4.69, 9.17) is 27.9 Å². The number of nitrogens with one attached hydrogen (secondary N) is 2. The van der Waals surface area contributed by atoms with Crippen molar-refractivity contribution >= 4 is 46.2 Å².